The van der Waals surface area contributed by atoms with Crippen LogP contribution >= 0.6 is 46.4 Å². The van der Waals surface area contributed by atoms with Gasteiger partial charge in [-0.15, -0.1) is 0 Å². The molecule has 2 aromatic carbocycles. The number of nitrogens with zero attached hydrogens (tertiary/aromatic N) is 1. The minimum Gasteiger partial charge on any atom is -0.436 e. The number of amides is 1. The molecule has 26 heavy (non-hydrogen) atoms. The third-order valence-electron chi connectivity index (χ3n) is 3.53. The van der Waals surface area contributed by atoms with E-state index in [-0.39, 0.29) is 11.0 Å². The van der Waals surface area contributed by atoms with Crippen molar-refractivity contribution in [2.24, 2.45) is 0 Å². The maximum absolute atomic E-state index is 11.6. The summed E-state index contributed by atoms with van der Waals surface area (Å²) in [5, 5.41) is 6.46. The van der Waals surface area contributed by atoms with E-state index in [1.807, 2.05) is 37.3 Å². The zero-order chi connectivity index (χ0) is 18.7. The van der Waals surface area contributed by atoms with Gasteiger partial charge in [0.15, 0.2) is 10.7 Å². The van der Waals surface area contributed by atoms with Crippen LogP contribution in [-0.4, -0.2) is 16.0 Å². The Morgan fingerprint density at radius 3 is 2.88 bits per heavy atom. The van der Waals surface area contributed by atoms with Crippen molar-refractivity contribution in [1.82, 2.24) is 10.3 Å². The molecule has 0 atom stereocenters. The second-order valence-electron chi connectivity index (χ2n) is 5.58. The lowest BCUT2D eigenvalue weighted by atomic mass is 10.2. The summed E-state index contributed by atoms with van der Waals surface area (Å²) in [6.07, 6.45) is 1.20. The molecular weight excluding hydrogens is 485 g/mol. The number of aromatic nitrogens is 1. The highest BCUT2D eigenvalue weighted by Crippen LogP contribution is 2.32. The SMILES string of the molecule is CCCC(=O)NC(=S)Nc1ccc2oc(-c3cc(I)ccc3Cl)nc2c1. The lowest BCUT2D eigenvalue weighted by Gasteiger charge is -2.08. The first-order chi connectivity index (χ1) is 12.5. The quantitative estimate of drug-likeness (QED) is 0.373. The fourth-order valence-electron chi connectivity index (χ4n) is 2.36. The van der Waals surface area contributed by atoms with E-state index in [9.17, 15) is 4.79 Å². The van der Waals surface area contributed by atoms with Crippen LogP contribution in [0.15, 0.2) is 40.8 Å². The molecule has 8 heteroatoms. The number of benzene rings is 2. The van der Waals surface area contributed by atoms with Crippen LogP contribution in [0.2, 0.25) is 5.02 Å². The molecular formula is C18H15ClIN3O2S. The normalized spacial score (nSPS) is 10.7. The number of fused-ring (bicyclic) bond motifs is 1. The van der Waals surface area contributed by atoms with Crippen molar-refractivity contribution in [3.05, 3.63) is 45.0 Å². The van der Waals surface area contributed by atoms with Crippen molar-refractivity contribution in [2.45, 2.75) is 19.8 Å². The summed E-state index contributed by atoms with van der Waals surface area (Å²) >= 11 is 13.6. The van der Waals surface area contributed by atoms with Crippen LogP contribution in [0, 0.1) is 3.57 Å². The summed E-state index contributed by atoms with van der Waals surface area (Å²) in [5.41, 5.74) is 2.77. The molecule has 134 valence electrons. The Hall–Kier alpha value is -1.71. The number of halogens is 2. The Kier molecular flexibility index (Phi) is 6.10. The monoisotopic (exact) mass is 499 g/mol. The minimum absolute atomic E-state index is 0.108. The number of carbonyl (C=O) groups is 1. The van der Waals surface area contributed by atoms with Crippen LogP contribution in [0.25, 0.3) is 22.6 Å². The number of carbonyl (C=O) groups excluding carboxylic acids is 1. The molecule has 0 radical (unpaired) electrons. The number of anilines is 1. The van der Waals surface area contributed by atoms with Crippen molar-refractivity contribution >= 4 is 74.2 Å². The topological polar surface area (TPSA) is 67.2 Å². The second kappa shape index (κ2) is 8.32. The molecule has 0 aliphatic heterocycles. The molecule has 0 aliphatic rings. The summed E-state index contributed by atoms with van der Waals surface area (Å²) < 4.78 is 6.86. The van der Waals surface area contributed by atoms with Crippen molar-refractivity contribution in [3.8, 4) is 11.5 Å². The highest BCUT2D eigenvalue weighted by Gasteiger charge is 2.13. The van der Waals surface area contributed by atoms with Crippen LogP contribution in [0.1, 0.15) is 19.8 Å². The molecule has 3 rings (SSSR count). The molecule has 0 aliphatic carbocycles. The van der Waals surface area contributed by atoms with E-state index in [4.69, 9.17) is 28.2 Å². The van der Waals surface area contributed by atoms with Gasteiger partial charge in [0.25, 0.3) is 0 Å². The van der Waals surface area contributed by atoms with E-state index in [2.05, 4.69) is 38.2 Å². The largest absolute Gasteiger partial charge is 0.436 e. The zero-order valence-corrected chi connectivity index (χ0v) is 17.5. The van der Waals surface area contributed by atoms with Gasteiger partial charge in [0.2, 0.25) is 11.8 Å². The summed E-state index contributed by atoms with van der Waals surface area (Å²) in [4.78, 5) is 16.1. The van der Waals surface area contributed by atoms with E-state index in [1.165, 1.54) is 0 Å². The summed E-state index contributed by atoms with van der Waals surface area (Å²) in [6, 6.07) is 11.1. The zero-order valence-electron chi connectivity index (χ0n) is 13.8. The Balaban J connectivity index is 1.82. The Bertz CT molecular complexity index is 990. The fourth-order valence-corrected chi connectivity index (χ4v) is 3.28. The van der Waals surface area contributed by atoms with Crippen molar-refractivity contribution in [1.29, 1.82) is 0 Å². The van der Waals surface area contributed by atoms with Gasteiger partial charge < -0.3 is 15.1 Å². The molecule has 0 spiro atoms. The molecule has 5 nitrogen and oxygen atoms in total. The smallest absolute Gasteiger partial charge is 0.228 e. The third-order valence-corrected chi connectivity index (χ3v) is 4.74. The van der Waals surface area contributed by atoms with Crippen molar-refractivity contribution < 1.29 is 9.21 Å². The molecule has 0 fully saturated rings. The van der Waals surface area contributed by atoms with Gasteiger partial charge in [-0.3, -0.25) is 4.79 Å². The predicted molar refractivity (Wildman–Crippen MR) is 116 cm³/mol. The molecule has 1 aromatic heterocycles. The molecule has 1 heterocycles. The lowest BCUT2D eigenvalue weighted by Crippen LogP contribution is -2.33. The van der Waals surface area contributed by atoms with Crippen LogP contribution < -0.4 is 10.6 Å². The van der Waals surface area contributed by atoms with Gasteiger partial charge in [-0.05, 0) is 77.6 Å². The van der Waals surface area contributed by atoms with E-state index >= 15 is 0 Å². The molecule has 0 unspecified atom stereocenters. The van der Waals surface area contributed by atoms with Crippen LogP contribution in [0.4, 0.5) is 5.69 Å². The standard InChI is InChI=1S/C18H15ClIN3O2S/c1-2-3-16(24)23-18(26)21-11-5-7-15-14(9-11)22-17(25-15)12-8-10(20)4-6-13(12)19/h4-9H,2-3H2,1H3,(H2,21,23,24,26). The molecule has 2 N–H and O–H groups in total. The van der Waals surface area contributed by atoms with E-state index in [1.54, 1.807) is 6.07 Å². The summed E-state index contributed by atoms with van der Waals surface area (Å²) in [6.45, 7) is 1.94. The van der Waals surface area contributed by atoms with E-state index < -0.39 is 0 Å². The van der Waals surface area contributed by atoms with Crippen molar-refractivity contribution in [2.75, 3.05) is 5.32 Å². The molecule has 0 saturated carbocycles. The van der Waals surface area contributed by atoms with Gasteiger partial charge in [-0.1, -0.05) is 18.5 Å². The summed E-state index contributed by atoms with van der Waals surface area (Å²) in [5.74, 6) is 0.350. The van der Waals surface area contributed by atoms with Gasteiger partial charge in [0, 0.05) is 15.7 Å². The minimum atomic E-state index is -0.108. The van der Waals surface area contributed by atoms with E-state index in [0.717, 1.165) is 15.6 Å². The Morgan fingerprint density at radius 1 is 1.31 bits per heavy atom. The molecule has 0 bridgehead atoms. The lowest BCUT2D eigenvalue weighted by molar-refractivity contribution is -0.119. The Morgan fingerprint density at radius 2 is 2.12 bits per heavy atom. The highest BCUT2D eigenvalue weighted by atomic mass is 127. The first kappa shape index (κ1) is 19.1. The predicted octanol–water partition coefficient (Wildman–Crippen LogP) is 5.37. The number of hydrogen-bond donors (Lipinski definition) is 2. The second-order valence-corrected chi connectivity index (χ2v) is 7.64. The third kappa shape index (κ3) is 4.52. The molecule has 1 amide bonds. The number of rotatable bonds is 4. The van der Waals surface area contributed by atoms with Gasteiger partial charge in [0.1, 0.15) is 5.52 Å². The van der Waals surface area contributed by atoms with Crippen molar-refractivity contribution in [3.63, 3.8) is 0 Å². The number of nitrogens with one attached hydrogen (secondary N) is 2. The average molecular weight is 500 g/mol. The van der Waals surface area contributed by atoms with Crippen LogP contribution in [0.5, 0.6) is 0 Å². The summed E-state index contributed by atoms with van der Waals surface area (Å²) in [7, 11) is 0. The average Bonchev–Trinajstić information content (AvgIpc) is 3.00. The molecule has 3 aromatic rings. The van der Waals surface area contributed by atoms with Crippen LogP contribution in [0.3, 0.4) is 0 Å². The van der Waals surface area contributed by atoms with Gasteiger partial charge in [0.05, 0.1) is 10.6 Å². The molecule has 0 saturated heterocycles. The number of hydrogen-bond acceptors (Lipinski definition) is 4. The highest BCUT2D eigenvalue weighted by molar-refractivity contribution is 14.1. The number of oxazole rings is 1. The van der Waals surface area contributed by atoms with Gasteiger partial charge in [-0.25, -0.2) is 4.98 Å². The van der Waals surface area contributed by atoms with Crippen LogP contribution in [-0.2, 0) is 4.79 Å². The van der Waals surface area contributed by atoms with Gasteiger partial charge in [-0.2, -0.15) is 0 Å². The fraction of sp³-hybridized carbons (Fsp3) is 0.167. The van der Waals surface area contributed by atoms with Gasteiger partial charge >= 0.3 is 0 Å². The maximum Gasteiger partial charge on any atom is 0.228 e. The Labute approximate surface area is 174 Å². The van der Waals surface area contributed by atoms with E-state index in [0.29, 0.717) is 34.1 Å². The maximum atomic E-state index is 11.6. The first-order valence-corrected chi connectivity index (χ1v) is 9.79. The number of thiocarbonyl (C=S) groups is 1. The first-order valence-electron chi connectivity index (χ1n) is 7.93.